The van der Waals surface area contributed by atoms with Crippen LogP contribution in [0, 0.1) is 5.92 Å². The van der Waals surface area contributed by atoms with Crippen molar-refractivity contribution in [3.8, 4) is 0 Å². The molecule has 0 saturated carbocycles. The van der Waals surface area contributed by atoms with Gasteiger partial charge in [0.1, 0.15) is 6.04 Å². The molecule has 0 aromatic rings. The molecule has 0 radical (unpaired) electrons. The van der Waals surface area contributed by atoms with E-state index in [1.54, 1.807) is 23.6 Å². The minimum absolute atomic E-state index is 0.0220. The highest BCUT2D eigenvalue weighted by atomic mass is 32.2. The summed E-state index contributed by atoms with van der Waals surface area (Å²) in [4.78, 5) is 26.2. The van der Waals surface area contributed by atoms with Gasteiger partial charge in [0.2, 0.25) is 5.91 Å². The van der Waals surface area contributed by atoms with Gasteiger partial charge < -0.3 is 15.0 Å². The van der Waals surface area contributed by atoms with Crippen molar-refractivity contribution >= 4 is 23.6 Å². The van der Waals surface area contributed by atoms with Crippen LogP contribution in [0.4, 0.5) is 0 Å². The maximum atomic E-state index is 12.5. The van der Waals surface area contributed by atoms with Crippen LogP contribution in [0.3, 0.4) is 0 Å². The minimum atomic E-state index is -0.395. The maximum absolute atomic E-state index is 12.5. The first kappa shape index (κ1) is 14.7. The first-order valence-electron chi connectivity index (χ1n) is 6.99. The molecule has 2 heterocycles. The number of nitrogens with one attached hydrogen (secondary N) is 1. The van der Waals surface area contributed by atoms with Crippen molar-refractivity contribution < 1.29 is 14.3 Å². The van der Waals surface area contributed by atoms with Crippen LogP contribution in [-0.2, 0) is 14.3 Å². The second-order valence-corrected chi connectivity index (χ2v) is 6.07. The lowest BCUT2D eigenvalue weighted by molar-refractivity contribution is -0.155. The molecule has 0 spiro atoms. The number of ether oxygens (including phenoxy) is 1. The molecule has 2 atom stereocenters. The summed E-state index contributed by atoms with van der Waals surface area (Å²) in [5.41, 5.74) is 0. The van der Waals surface area contributed by atoms with Gasteiger partial charge in [-0.05, 0) is 26.3 Å². The van der Waals surface area contributed by atoms with Crippen LogP contribution in [0.15, 0.2) is 0 Å². The Labute approximate surface area is 118 Å². The summed E-state index contributed by atoms with van der Waals surface area (Å²) in [6.07, 6.45) is 1.95. The normalized spacial score (nSPS) is 27.9. The summed E-state index contributed by atoms with van der Waals surface area (Å²) in [7, 11) is 0. The van der Waals surface area contributed by atoms with Gasteiger partial charge in [0.15, 0.2) is 0 Å². The van der Waals surface area contributed by atoms with Crippen LogP contribution in [0.2, 0.25) is 0 Å². The largest absolute Gasteiger partial charge is 0.464 e. The fourth-order valence-electron chi connectivity index (χ4n) is 2.60. The lowest BCUT2D eigenvalue weighted by Gasteiger charge is -2.36. The van der Waals surface area contributed by atoms with Gasteiger partial charge in [-0.15, -0.1) is 0 Å². The molecule has 0 aromatic carbocycles. The third-order valence-corrected chi connectivity index (χ3v) is 4.64. The van der Waals surface area contributed by atoms with Crippen molar-refractivity contribution in [2.45, 2.75) is 25.8 Å². The number of hydrogen-bond acceptors (Lipinski definition) is 5. The summed E-state index contributed by atoms with van der Waals surface area (Å²) >= 11 is 1.71. The molecular weight excluding hydrogens is 264 g/mol. The van der Waals surface area contributed by atoms with E-state index in [2.05, 4.69) is 5.32 Å². The molecule has 1 amide bonds. The van der Waals surface area contributed by atoms with Gasteiger partial charge in [-0.3, -0.25) is 4.79 Å². The fourth-order valence-corrected chi connectivity index (χ4v) is 3.63. The molecule has 0 aromatic heterocycles. The monoisotopic (exact) mass is 286 g/mol. The fraction of sp³-hybridized carbons (Fsp3) is 0.846. The summed E-state index contributed by atoms with van der Waals surface area (Å²) in [5.74, 6) is 1.44. The number of esters is 1. The molecule has 6 heteroatoms. The van der Waals surface area contributed by atoms with Crippen molar-refractivity contribution in [1.82, 2.24) is 10.2 Å². The predicted molar refractivity (Wildman–Crippen MR) is 75.1 cm³/mol. The molecule has 2 aliphatic rings. The number of amides is 1. The van der Waals surface area contributed by atoms with Gasteiger partial charge in [-0.1, -0.05) is 0 Å². The topological polar surface area (TPSA) is 58.6 Å². The van der Waals surface area contributed by atoms with Crippen molar-refractivity contribution in [3.63, 3.8) is 0 Å². The Balaban J connectivity index is 2.01. The third-order valence-electron chi connectivity index (χ3n) is 3.62. The van der Waals surface area contributed by atoms with Gasteiger partial charge in [0.05, 0.1) is 12.5 Å². The average molecular weight is 286 g/mol. The number of thioether (sulfide) groups is 1. The standard InChI is InChI=1S/C13H22N2O3S/c1-2-18-13(17)11-9-19-7-6-15(11)12(16)10-4-3-5-14-8-10/h10-11,14H,2-9H2,1H3. The summed E-state index contributed by atoms with van der Waals surface area (Å²) < 4.78 is 5.09. The highest BCUT2D eigenvalue weighted by Gasteiger charge is 2.36. The first-order chi connectivity index (χ1) is 9.24. The molecule has 5 nitrogen and oxygen atoms in total. The molecule has 19 heavy (non-hydrogen) atoms. The second kappa shape index (κ2) is 7.14. The molecule has 2 fully saturated rings. The Morgan fingerprint density at radius 3 is 3.00 bits per heavy atom. The molecule has 2 unspecified atom stereocenters. The molecule has 2 saturated heterocycles. The van der Waals surface area contributed by atoms with Crippen LogP contribution >= 0.6 is 11.8 Å². The van der Waals surface area contributed by atoms with E-state index in [4.69, 9.17) is 4.74 Å². The van der Waals surface area contributed by atoms with E-state index in [0.29, 0.717) is 18.9 Å². The number of carbonyl (C=O) groups excluding carboxylic acids is 2. The van der Waals surface area contributed by atoms with Crippen LogP contribution in [0.1, 0.15) is 19.8 Å². The molecule has 2 aliphatic heterocycles. The van der Waals surface area contributed by atoms with E-state index < -0.39 is 6.04 Å². The van der Waals surface area contributed by atoms with Crippen molar-refractivity contribution in [2.75, 3.05) is 37.7 Å². The lowest BCUT2D eigenvalue weighted by atomic mass is 9.97. The number of rotatable bonds is 3. The van der Waals surface area contributed by atoms with Gasteiger partial charge in [-0.25, -0.2) is 4.79 Å². The van der Waals surface area contributed by atoms with Gasteiger partial charge in [-0.2, -0.15) is 11.8 Å². The number of nitrogens with zero attached hydrogens (tertiary/aromatic N) is 1. The highest BCUT2D eigenvalue weighted by Crippen LogP contribution is 2.22. The van der Waals surface area contributed by atoms with Gasteiger partial charge in [0.25, 0.3) is 0 Å². The Hall–Kier alpha value is -0.750. The summed E-state index contributed by atoms with van der Waals surface area (Å²) in [6.45, 7) is 4.54. The predicted octanol–water partition coefficient (Wildman–Crippen LogP) is 0.493. The zero-order chi connectivity index (χ0) is 13.7. The Kier molecular flexibility index (Phi) is 5.51. The zero-order valence-corrected chi connectivity index (χ0v) is 12.2. The highest BCUT2D eigenvalue weighted by molar-refractivity contribution is 7.99. The SMILES string of the molecule is CCOC(=O)C1CSCCN1C(=O)C1CCCNC1. The van der Waals surface area contributed by atoms with Crippen LogP contribution in [0.25, 0.3) is 0 Å². The summed E-state index contributed by atoms with van der Waals surface area (Å²) in [6, 6.07) is -0.395. The molecule has 0 bridgehead atoms. The van der Waals surface area contributed by atoms with E-state index in [1.807, 2.05) is 0 Å². The van der Waals surface area contributed by atoms with Crippen molar-refractivity contribution in [2.24, 2.45) is 5.92 Å². The molecular formula is C13H22N2O3S. The second-order valence-electron chi connectivity index (χ2n) is 4.92. The van der Waals surface area contributed by atoms with Gasteiger partial charge in [0, 0.05) is 24.6 Å². The molecule has 2 rings (SSSR count). The van der Waals surface area contributed by atoms with Gasteiger partial charge >= 0.3 is 5.97 Å². The molecule has 1 N–H and O–H groups in total. The van der Waals surface area contributed by atoms with Crippen LogP contribution < -0.4 is 5.32 Å². The van der Waals surface area contributed by atoms with E-state index in [-0.39, 0.29) is 17.8 Å². The van der Waals surface area contributed by atoms with Crippen molar-refractivity contribution in [1.29, 1.82) is 0 Å². The zero-order valence-electron chi connectivity index (χ0n) is 11.4. The molecule has 108 valence electrons. The number of carbonyl (C=O) groups is 2. The molecule has 0 aliphatic carbocycles. The Morgan fingerprint density at radius 2 is 2.32 bits per heavy atom. The van der Waals surface area contributed by atoms with Crippen LogP contribution in [0.5, 0.6) is 0 Å². The van der Waals surface area contributed by atoms with Crippen LogP contribution in [-0.4, -0.2) is 60.6 Å². The van der Waals surface area contributed by atoms with E-state index in [0.717, 1.165) is 31.7 Å². The number of piperidine rings is 1. The van der Waals surface area contributed by atoms with Crippen molar-refractivity contribution in [3.05, 3.63) is 0 Å². The average Bonchev–Trinajstić information content (AvgIpc) is 2.47. The number of hydrogen-bond donors (Lipinski definition) is 1. The Morgan fingerprint density at radius 1 is 1.47 bits per heavy atom. The minimum Gasteiger partial charge on any atom is -0.464 e. The third kappa shape index (κ3) is 3.63. The lowest BCUT2D eigenvalue weighted by Crippen LogP contribution is -2.54. The smallest absolute Gasteiger partial charge is 0.329 e. The first-order valence-corrected chi connectivity index (χ1v) is 8.15. The van der Waals surface area contributed by atoms with E-state index in [1.165, 1.54) is 0 Å². The Bertz CT molecular complexity index is 332. The maximum Gasteiger partial charge on any atom is 0.329 e. The van der Waals surface area contributed by atoms with E-state index >= 15 is 0 Å². The van der Waals surface area contributed by atoms with E-state index in [9.17, 15) is 9.59 Å². The quantitative estimate of drug-likeness (QED) is 0.765. The summed E-state index contributed by atoms with van der Waals surface area (Å²) in [5, 5.41) is 3.26.